The Morgan fingerprint density at radius 3 is 2.48 bits per heavy atom. The molecule has 7 nitrogen and oxygen atoms in total. The molecule has 2 aromatic carbocycles. The van der Waals surface area contributed by atoms with Gasteiger partial charge in [-0.25, -0.2) is 4.79 Å². The van der Waals surface area contributed by atoms with Crippen molar-refractivity contribution in [3.8, 4) is 0 Å². The van der Waals surface area contributed by atoms with Gasteiger partial charge in [-0.2, -0.15) is 4.98 Å². The van der Waals surface area contributed by atoms with E-state index in [0.717, 1.165) is 12.2 Å². The Bertz CT molecular complexity index is 1500. The minimum atomic E-state index is -0.441. The lowest BCUT2D eigenvalue weighted by atomic mass is 10.1. The highest BCUT2D eigenvalue weighted by Gasteiger charge is 2.30. The van der Waals surface area contributed by atoms with Crippen LogP contribution in [0.5, 0.6) is 0 Å². The van der Waals surface area contributed by atoms with Gasteiger partial charge in [0.1, 0.15) is 0 Å². The van der Waals surface area contributed by atoms with Crippen molar-refractivity contribution in [2.45, 2.75) is 26.9 Å². The molecule has 0 N–H and O–H groups in total. The molecule has 0 fully saturated rings. The number of fused-ring (bicyclic) bond motifs is 3. The predicted molar refractivity (Wildman–Crippen MR) is 132 cm³/mol. The van der Waals surface area contributed by atoms with Crippen molar-refractivity contribution in [3.05, 3.63) is 84.5 Å². The van der Waals surface area contributed by atoms with Gasteiger partial charge in [0.2, 0.25) is 5.95 Å². The molecule has 3 heterocycles. The monoisotopic (exact) mass is 483 g/mol. The van der Waals surface area contributed by atoms with Crippen LogP contribution in [0.25, 0.3) is 11.2 Å². The lowest BCUT2D eigenvalue weighted by Gasteiger charge is -2.33. The molecule has 33 heavy (non-hydrogen) atoms. The van der Waals surface area contributed by atoms with Gasteiger partial charge in [0.25, 0.3) is 5.56 Å². The molecule has 0 aliphatic carbocycles. The van der Waals surface area contributed by atoms with Crippen molar-refractivity contribution < 1.29 is 0 Å². The van der Waals surface area contributed by atoms with E-state index in [0.29, 0.717) is 39.3 Å². The first-order chi connectivity index (χ1) is 15.7. The topological polar surface area (TPSA) is 65.1 Å². The molecule has 1 unspecified atom stereocenters. The van der Waals surface area contributed by atoms with Crippen LogP contribution in [0.15, 0.2) is 52.1 Å². The second-order valence-corrected chi connectivity index (χ2v) is 9.56. The second-order valence-electron chi connectivity index (χ2n) is 8.71. The van der Waals surface area contributed by atoms with Crippen LogP contribution in [0.2, 0.25) is 10.0 Å². The molecule has 2 aromatic heterocycles. The molecule has 0 spiro atoms. The van der Waals surface area contributed by atoms with E-state index < -0.39 is 5.69 Å². The number of rotatable bonds is 3. The summed E-state index contributed by atoms with van der Waals surface area (Å²) in [4.78, 5) is 33.6. The van der Waals surface area contributed by atoms with Crippen LogP contribution in [0.4, 0.5) is 11.6 Å². The zero-order chi connectivity index (χ0) is 23.4. The average molecular weight is 484 g/mol. The zero-order valence-electron chi connectivity index (χ0n) is 18.5. The van der Waals surface area contributed by atoms with Gasteiger partial charge in [0, 0.05) is 35.9 Å². The van der Waals surface area contributed by atoms with Crippen molar-refractivity contribution in [2.75, 3.05) is 11.4 Å². The van der Waals surface area contributed by atoms with Crippen LogP contribution < -0.4 is 16.1 Å². The number of hydrogen-bond donors (Lipinski definition) is 0. The van der Waals surface area contributed by atoms with Crippen molar-refractivity contribution in [1.29, 1.82) is 0 Å². The van der Waals surface area contributed by atoms with Crippen molar-refractivity contribution in [2.24, 2.45) is 13.0 Å². The maximum absolute atomic E-state index is 13.6. The first-order valence-electron chi connectivity index (χ1n) is 10.7. The SMILES string of the molecule is Cc1ccc(N2CC(C)Cn3c2nc2c3c(=O)n(Cc3ccc(Cl)cc3Cl)c(=O)n2C)cc1. The molecule has 0 saturated carbocycles. The van der Waals surface area contributed by atoms with E-state index in [1.807, 2.05) is 11.5 Å². The summed E-state index contributed by atoms with van der Waals surface area (Å²) >= 11 is 12.3. The fraction of sp³-hybridized carbons (Fsp3) is 0.292. The average Bonchev–Trinajstić information content (AvgIpc) is 3.16. The fourth-order valence-corrected chi connectivity index (χ4v) is 4.88. The van der Waals surface area contributed by atoms with E-state index in [4.69, 9.17) is 28.2 Å². The lowest BCUT2D eigenvalue weighted by Crippen LogP contribution is -2.40. The van der Waals surface area contributed by atoms with E-state index in [1.54, 1.807) is 25.2 Å². The van der Waals surface area contributed by atoms with Gasteiger partial charge in [0.15, 0.2) is 11.2 Å². The van der Waals surface area contributed by atoms with E-state index in [9.17, 15) is 9.59 Å². The number of imidazole rings is 1. The summed E-state index contributed by atoms with van der Waals surface area (Å²) in [5.41, 5.74) is 2.79. The lowest BCUT2D eigenvalue weighted by molar-refractivity contribution is 0.458. The number of benzene rings is 2. The molecular formula is C24H23Cl2N5O2. The second kappa shape index (κ2) is 8.08. The molecule has 170 valence electrons. The highest BCUT2D eigenvalue weighted by molar-refractivity contribution is 6.35. The molecule has 0 saturated heterocycles. The summed E-state index contributed by atoms with van der Waals surface area (Å²) in [5, 5.41) is 0.903. The van der Waals surface area contributed by atoms with Gasteiger partial charge in [0.05, 0.1) is 6.54 Å². The molecule has 0 amide bonds. The smallest absolute Gasteiger partial charge is 0.312 e. The summed E-state index contributed by atoms with van der Waals surface area (Å²) in [5.74, 6) is 0.952. The van der Waals surface area contributed by atoms with Crippen LogP contribution in [-0.2, 0) is 20.1 Å². The maximum atomic E-state index is 13.6. The van der Waals surface area contributed by atoms with Gasteiger partial charge >= 0.3 is 5.69 Å². The van der Waals surface area contributed by atoms with E-state index in [1.165, 1.54) is 14.7 Å². The first-order valence-corrected chi connectivity index (χ1v) is 11.5. The maximum Gasteiger partial charge on any atom is 0.332 e. The third-order valence-corrected chi connectivity index (χ3v) is 6.72. The highest BCUT2D eigenvalue weighted by atomic mass is 35.5. The van der Waals surface area contributed by atoms with Gasteiger partial charge in [-0.15, -0.1) is 0 Å². The molecule has 0 bridgehead atoms. The zero-order valence-corrected chi connectivity index (χ0v) is 20.1. The van der Waals surface area contributed by atoms with Gasteiger partial charge in [-0.05, 0) is 42.7 Å². The minimum absolute atomic E-state index is 0.0508. The third-order valence-electron chi connectivity index (χ3n) is 6.13. The minimum Gasteiger partial charge on any atom is -0.312 e. The Morgan fingerprint density at radius 2 is 1.79 bits per heavy atom. The summed E-state index contributed by atoms with van der Waals surface area (Å²) in [6.07, 6.45) is 0. The van der Waals surface area contributed by atoms with Crippen LogP contribution in [0.1, 0.15) is 18.1 Å². The summed E-state index contributed by atoms with van der Waals surface area (Å²) in [6, 6.07) is 13.2. The Morgan fingerprint density at radius 1 is 1.06 bits per heavy atom. The molecular weight excluding hydrogens is 461 g/mol. The molecule has 9 heteroatoms. The summed E-state index contributed by atoms with van der Waals surface area (Å²) in [7, 11) is 1.64. The van der Waals surface area contributed by atoms with Gasteiger partial charge < -0.3 is 9.47 Å². The number of nitrogens with zero attached hydrogens (tertiary/aromatic N) is 5. The highest BCUT2D eigenvalue weighted by Crippen LogP contribution is 2.33. The molecule has 5 rings (SSSR count). The molecule has 4 aromatic rings. The van der Waals surface area contributed by atoms with Crippen LogP contribution in [0.3, 0.4) is 0 Å². The normalized spacial score (nSPS) is 15.8. The number of aryl methyl sites for hydroxylation is 2. The standard InChI is InChI=1S/C24H23Cl2N5O2/c1-14-4-8-18(9-5-14)29-11-15(2)12-30-20-21(27-23(29)30)28(3)24(33)31(22(20)32)13-16-6-7-17(25)10-19(16)26/h4-10,15H,11-13H2,1-3H3. The molecule has 1 aliphatic rings. The van der Waals surface area contributed by atoms with Gasteiger partial charge in [-0.1, -0.05) is 53.9 Å². The number of halogens is 2. The van der Waals surface area contributed by atoms with Crippen molar-refractivity contribution >= 4 is 46.0 Å². The number of anilines is 2. The summed E-state index contributed by atoms with van der Waals surface area (Å²) < 4.78 is 4.58. The molecule has 1 aliphatic heterocycles. The third kappa shape index (κ3) is 3.65. The Kier molecular flexibility index (Phi) is 5.34. The Balaban J connectivity index is 1.71. The van der Waals surface area contributed by atoms with E-state index in [-0.39, 0.29) is 18.0 Å². The Labute approximate surface area is 200 Å². The fourth-order valence-electron chi connectivity index (χ4n) is 4.41. The van der Waals surface area contributed by atoms with Gasteiger partial charge in [-0.3, -0.25) is 13.9 Å². The van der Waals surface area contributed by atoms with Crippen LogP contribution in [-0.4, -0.2) is 25.2 Å². The largest absolute Gasteiger partial charge is 0.332 e. The van der Waals surface area contributed by atoms with E-state index in [2.05, 4.69) is 36.1 Å². The summed E-state index contributed by atoms with van der Waals surface area (Å²) in [6.45, 7) is 5.65. The molecule has 1 atom stereocenters. The first kappa shape index (κ1) is 21.8. The Hall–Kier alpha value is -3.03. The predicted octanol–water partition coefficient (Wildman–Crippen LogP) is 4.35. The van der Waals surface area contributed by atoms with Crippen LogP contribution >= 0.6 is 23.2 Å². The van der Waals surface area contributed by atoms with E-state index >= 15 is 0 Å². The van der Waals surface area contributed by atoms with Crippen molar-refractivity contribution in [1.82, 2.24) is 18.7 Å². The van der Waals surface area contributed by atoms with Crippen LogP contribution in [0, 0.1) is 12.8 Å². The molecule has 0 radical (unpaired) electrons. The quantitative estimate of drug-likeness (QED) is 0.434. The number of aromatic nitrogens is 4. The number of hydrogen-bond acceptors (Lipinski definition) is 4. The van der Waals surface area contributed by atoms with Crippen molar-refractivity contribution in [3.63, 3.8) is 0 Å².